The Morgan fingerprint density at radius 2 is 1.95 bits per heavy atom. The SMILES string of the molecule is CCNS(=O)(=O)c1ccc(OC(C)(C)C2CO2)cc1. The van der Waals surface area contributed by atoms with Crippen molar-refractivity contribution in [3.8, 4) is 5.75 Å². The minimum Gasteiger partial charge on any atom is -0.485 e. The number of nitrogens with one attached hydrogen (secondary N) is 1. The highest BCUT2D eigenvalue weighted by Gasteiger charge is 2.41. The van der Waals surface area contributed by atoms with Gasteiger partial charge in [-0.1, -0.05) is 6.92 Å². The summed E-state index contributed by atoms with van der Waals surface area (Å²) in [6, 6.07) is 6.40. The van der Waals surface area contributed by atoms with Crippen molar-refractivity contribution < 1.29 is 17.9 Å². The van der Waals surface area contributed by atoms with E-state index in [9.17, 15) is 8.42 Å². The summed E-state index contributed by atoms with van der Waals surface area (Å²) in [6.07, 6.45) is 0.109. The van der Waals surface area contributed by atoms with Crippen LogP contribution in [0.5, 0.6) is 5.75 Å². The van der Waals surface area contributed by atoms with Gasteiger partial charge in [0.25, 0.3) is 0 Å². The lowest BCUT2D eigenvalue weighted by Gasteiger charge is -2.24. The van der Waals surface area contributed by atoms with Crippen LogP contribution < -0.4 is 9.46 Å². The fourth-order valence-corrected chi connectivity index (χ4v) is 2.82. The van der Waals surface area contributed by atoms with Gasteiger partial charge in [0.15, 0.2) is 0 Å². The minimum absolute atomic E-state index is 0.109. The first-order chi connectivity index (χ1) is 8.85. The molecule has 1 unspecified atom stereocenters. The van der Waals surface area contributed by atoms with E-state index in [1.807, 2.05) is 13.8 Å². The van der Waals surface area contributed by atoms with E-state index in [-0.39, 0.29) is 11.0 Å². The van der Waals surface area contributed by atoms with Gasteiger partial charge in [-0.2, -0.15) is 0 Å². The molecule has 0 amide bonds. The number of epoxide rings is 1. The zero-order valence-electron chi connectivity index (χ0n) is 11.3. The Labute approximate surface area is 114 Å². The number of rotatable bonds is 6. The first kappa shape index (κ1) is 14.3. The molecule has 1 aromatic rings. The summed E-state index contributed by atoms with van der Waals surface area (Å²) >= 11 is 0. The molecule has 1 aliphatic heterocycles. The van der Waals surface area contributed by atoms with E-state index in [0.29, 0.717) is 18.9 Å². The van der Waals surface area contributed by atoms with Crippen LogP contribution in [0.1, 0.15) is 20.8 Å². The lowest BCUT2D eigenvalue weighted by Crippen LogP contribution is -2.34. The van der Waals surface area contributed by atoms with Crippen molar-refractivity contribution in [2.45, 2.75) is 37.4 Å². The first-order valence-corrected chi connectivity index (χ1v) is 7.74. The summed E-state index contributed by atoms with van der Waals surface area (Å²) in [5, 5.41) is 0. The maximum atomic E-state index is 11.8. The van der Waals surface area contributed by atoms with E-state index in [1.54, 1.807) is 19.1 Å². The molecule has 1 saturated heterocycles. The summed E-state index contributed by atoms with van der Waals surface area (Å²) in [6.45, 7) is 6.72. The molecule has 1 atom stereocenters. The highest BCUT2D eigenvalue weighted by atomic mass is 32.2. The molecule has 0 saturated carbocycles. The molecule has 0 aliphatic carbocycles. The van der Waals surface area contributed by atoms with Gasteiger partial charge in [-0.3, -0.25) is 0 Å². The van der Waals surface area contributed by atoms with Crippen LogP contribution in [0.15, 0.2) is 29.2 Å². The molecular formula is C13H19NO4S. The van der Waals surface area contributed by atoms with Crippen LogP contribution in [0.2, 0.25) is 0 Å². The van der Waals surface area contributed by atoms with Crippen LogP contribution >= 0.6 is 0 Å². The van der Waals surface area contributed by atoms with E-state index in [4.69, 9.17) is 9.47 Å². The highest BCUT2D eigenvalue weighted by molar-refractivity contribution is 7.89. The van der Waals surface area contributed by atoms with Gasteiger partial charge in [0.05, 0.1) is 11.5 Å². The lowest BCUT2D eigenvalue weighted by atomic mass is 10.1. The van der Waals surface area contributed by atoms with E-state index in [0.717, 1.165) is 0 Å². The fraction of sp³-hybridized carbons (Fsp3) is 0.538. The topological polar surface area (TPSA) is 67.9 Å². The van der Waals surface area contributed by atoms with Gasteiger partial charge in [0, 0.05) is 6.54 Å². The molecule has 1 N–H and O–H groups in total. The van der Waals surface area contributed by atoms with Gasteiger partial charge in [0.1, 0.15) is 17.5 Å². The third-order valence-corrected chi connectivity index (χ3v) is 4.52. The van der Waals surface area contributed by atoms with E-state index in [2.05, 4.69) is 4.72 Å². The largest absolute Gasteiger partial charge is 0.485 e. The molecule has 1 aromatic carbocycles. The van der Waals surface area contributed by atoms with Gasteiger partial charge < -0.3 is 9.47 Å². The summed E-state index contributed by atoms with van der Waals surface area (Å²) in [7, 11) is -3.41. The third kappa shape index (κ3) is 3.46. The Morgan fingerprint density at radius 1 is 1.37 bits per heavy atom. The summed E-state index contributed by atoms with van der Waals surface area (Å²) in [5.41, 5.74) is -0.401. The van der Waals surface area contributed by atoms with E-state index < -0.39 is 15.6 Å². The van der Waals surface area contributed by atoms with Gasteiger partial charge in [-0.05, 0) is 38.1 Å². The molecule has 0 spiro atoms. The maximum Gasteiger partial charge on any atom is 0.240 e. The molecule has 2 rings (SSSR count). The van der Waals surface area contributed by atoms with Gasteiger partial charge in [-0.15, -0.1) is 0 Å². The van der Waals surface area contributed by atoms with Crippen LogP contribution in [0.25, 0.3) is 0 Å². The molecule has 1 fully saturated rings. The van der Waals surface area contributed by atoms with Crippen molar-refractivity contribution in [1.29, 1.82) is 0 Å². The normalized spacial score (nSPS) is 19.2. The smallest absolute Gasteiger partial charge is 0.240 e. The second-order valence-electron chi connectivity index (χ2n) is 5.00. The molecule has 106 valence electrons. The highest BCUT2D eigenvalue weighted by Crippen LogP contribution is 2.29. The third-order valence-electron chi connectivity index (χ3n) is 2.96. The quantitative estimate of drug-likeness (QED) is 0.805. The number of sulfonamides is 1. The van der Waals surface area contributed by atoms with Gasteiger partial charge in [-0.25, -0.2) is 13.1 Å². The summed E-state index contributed by atoms with van der Waals surface area (Å²) < 4.78 is 37.0. The standard InChI is InChI=1S/C13H19NO4S/c1-4-14-19(15,16)11-7-5-10(6-8-11)18-13(2,3)12-9-17-12/h5-8,12,14H,4,9H2,1-3H3. The second-order valence-corrected chi connectivity index (χ2v) is 6.77. The predicted molar refractivity (Wildman–Crippen MR) is 71.8 cm³/mol. The number of benzene rings is 1. The average Bonchev–Trinajstić information content (AvgIpc) is 3.13. The maximum absolute atomic E-state index is 11.8. The van der Waals surface area contributed by atoms with Crippen LogP contribution in [0.4, 0.5) is 0 Å². The molecule has 1 heterocycles. The zero-order valence-corrected chi connectivity index (χ0v) is 12.2. The first-order valence-electron chi connectivity index (χ1n) is 6.25. The minimum atomic E-state index is -3.41. The number of hydrogen-bond acceptors (Lipinski definition) is 4. The lowest BCUT2D eigenvalue weighted by molar-refractivity contribution is 0.0743. The number of ether oxygens (including phenoxy) is 2. The molecule has 0 bridgehead atoms. The monoisotopic (exact) mass is 285 g/mol. The Balaban J connectivity index is 2.10. The molecule has 0 aromatic heterocycles. The Kier molecular flexibility index (Phi) is 3.85. The summed E-state index contributed by atoms with van der Waals surface area (Å²) in [4.78, 5) is 0.238. The van der Waals surface area contributed by atoms with Crippen LogP contribution in [-0.4, -0.2) is 33.3 Å². The van der Waals surface area contributed by atoms with Gasteiger partial charge >= 0.3 is 0 Å². The number of hydrogen-bond donors (Lipinski definition) is 1. The van der Waals surface area contributed by atoms with Gasteiger partial charge in [0.2, 0.25) is 10.0 Å². The van der Waals surface area contributed by atoms with Crippen molar-refractivity contribution in [2.24, 2.45) is 0 Å². The van der Waals surface area contributed by atoms with Crippen LogP contribution in [0.3, 0.4) is 0 Å². The van der Waals surface area contributed by atoms with Crippen molar-refractivity contribution >= 4 is 10.0 Å². The van der Waals surface area contributed by atoms with E-state index in [1.165, 1.54) is 12.1 Å². The summed E-state index contributed by atoms with van der Waals surface area (Å²) in [5.74, 6) is 0.635. The fourth-order valence-electron chi connectivity index (χ4n) is 1.78. The van der Waals surface area contributed by atoms with Crippen molar-refractivity contribution in [2.75, 3.05) is 13.2 Å². The van der Waals surface area contributed by atoms with E-state index >= 15 is 0 Å². The molecule has 6 heteroatoms. The molecule has 1 aliphatic rings. The second kappa shape index (κ2) is 5.11. The van der Waals surface area contributed by atoms with Crippen LogP contribution in [-0.2, 0) is 14.8 Å². The predicted octanol–water partition coefficient (Wildman–Crippen LogP) is 1.54. The Hall–Kier alpha value is -1.11. The van der Waals surface area contributed by atoms with Crippen molar-refractivity contribution in [3.63, 3.8) is 0 Å². The average molecular weight is 285 g/mol. The van der Waals surface area contributed by atoms with Crippen molar-refractivity contribution in [3.05, 3.63) is 24.3 Å². The Morgan fingerprint density at radius 3 is 2.42 bits per heavy atom. The zero-order chi connectivity index (χ0) is 14.1. The molecule has 19 heavy (non-hydrogen) atoms. The van der Waals surface area contributed by atoms with Crippen molar-refractivity contribution in [1.82, 2.24) is 4.72 Å². The molecular weight excluding hydrogens is 266 g/mol. The molecule has 0 radical (unpaired) electrons. The Bertz CT molecular complexity index is 532. The molecule has 5 nitrogen and oxygen atoms in total. The van der Waals surface area contributed by atoms with Crippen LogP contribution in [0, 0.1) is 0 Å².